The van der Waals surface area contributed by atoms with Crippen LogP contribution in [0, 0.1) is 0 Å². The molecular weight excluding hydrogens is 463 g/mol. The van der Waals surface area contributed by atoms with Crippen LogP contribution in [0.4, 0.5) is 10.3 Å². The van der Waals surface area contributed by atoms with Crippen molar-refractivity contribution in [1.82, 2.24) is 25.5 Å². The second-order valence-electron chi connectivity index (χ2n) is 9.74. The fourth-order valence-corrected chi connectivity index (χ4v) is 5.51. The van der Waals surface area contributed by atoms with Gasteiger partial charge < -0.3 is 24.8 Å². The standard InChI is InChI=1S/C26H29FN6O3/c1-35-23-10-15(12-28-25(23)36-2)14-3-7-18(22(34)9-14)20-13-29-26(32-31-20)33(17-5-6-17)21-11-16-4-8-19(30-16)24(21)27/h3,7,9-10,12-13,16-17,19,21,24,30,34H,4-6,8,11H2,1-2H3/t16-,19+,21-,24+/m1/s1. The van der Waals surface area contributed by atoms with Crippen LogP contribution in [-0.4, -0.2) is 69.8 Å². The van der Waals surface area contributed by atoms with Gasteiger partial charge in [0.05, 0.1) is 26.5 Å². The van der Waals surface area contributed by atoms with Crippen LogP contribution in [0.1, 0.15) is 32.1 Å². The van der Waals surface area contributed by atoms with E-state index in [-0.39, 0.29) is 23.9 Å². The van der Waals surface area contributed by atoms with Gasteiger partial charge in [-0.15, -0.1) is 10.2 Å². The highest BCUT2D eigenvalue weighted by Gasteiger charge is 2.48. The fraction of sp³-hybridized carbons (Fsp3) is 0.462. The number of hydrogen-bond donors (Lipinski definition) is 2. The highest BCUT2D eigenvalue weighted by molar-refractivity contribution is 5.74. The average Bonchev–Trinajstić information content (AvgIpc) is 3.66. The minimum Gasteiger partial charge on any atom is -0.507 e. The maximum Gasteiger partial charge on any atom is 0.256 e. The van der Waals surface area contributed by atoms with Gasteiger partial charge in [0.1, 0.15) is 17.6 Å². The molecule has 2 aliphatic heterocycles. The lowest BCUT2D eigenvalue weighted by atomic mass is 9.96. The Labute approximate surface area is 208 Å². The van der Waals surface area contributed by atoms with Crippen molar-refractivity contribution in [1.29, 1.82) is 0 Å². The topological polar surface area (TPSA) is 106 Å². The third-order valence-electron chi connectivity index (χ3n) is 7.47. The summed E-state index contributed by atoms with van der Waals surface area (Å²) in [6.07, 6.45) is 7.01. The molecule has 188 valence electrons. The van der Waals surface area contributed by atoms with Gasteiger partial charge in [0.2, 0.25) is 5.95 Å². The lowest BCUT2D eigenvalue weighted by Gasteiger charge is -2.40. The van der Waals surface area contributed by atoms with Crippen molar-refractivity contribution in [2.24, 2.45) is 0 Å². The number of alkyl halides is 1. The summed E-state index contributed by atoms with van der Waals surface area (Å²) in [4.78, 5) is 10.9. The van der Waals surface area contributed by atoms with E-state index in [2.05, 4.69) is 30.4 Å². The number of hydrogen-bond acceptors (Lipinski definition) is 9. The van der Waals surface area contributed by atoms with E-state index in [0.29, 0.717) is 34.9 Å². The predicted molar refractivity (Wildman–Crippen MR) is 132 cm³/mol. The number of nitrogens with zero attached hydrogens (tertiary/aromatic N) is 5. The Bertz CT molecular complexity index is 1250. The molecule has 4 atom stereocenters. The molecule has 9 nitrogen and oxygen atoms in total. The highest BCUT2D eigenvalue weighted by Crippen LogP contribution is 2.40. The molecule has 4 heterocycles. The number of anilines is 1. The van der Waals surface area contributed by atoms with E-state index in [1.54, 1.807) is 37.7 Å². The van der Waals surface area contributed by atoms with E-state index in [9.17, 15) is 5.11 Å². The molecule has 2 bridgehead atoms. The van der Waals surface area contributed by atoms with Crippen molar-refractivity contribution in [3.63, 3.8) is 0 Å². The van der Waals surface area contributed by atoms with E-state index in [1.807, 2.05) is 6.07 Å². The lowest BCUT2D eigenvalue weighted by Crippen LogP contribution is -2.57. The summed E-state index contributed by atoms with van der Waals surface area (Å²) >= 11 is 0. The molecule has 10 heteroatoms. The maximum absolute atomic E-state index is 15.3. The van der Waals surface area contributed by atoms with Crippen LogP contribution in [0.15, 0.2) is 36.7 Å². The number of ether oxygens (including phenoxy) is 2. The van der Waals surface area contributed by atoms with Crippen LogP contribution in [-0.2, 0) is 0 Å². The molecular formula is C26H29FN6O3. The molecule has 1 saturated carbocycles. The smallest absolute Gasteiger partial charge is 0.256 e. The number of rotatable bonds is 7. The molecule has 0 amide bonds. The Kier molecular flexibility index (Phi) is 5.83. The minimum atomic E-state index is -0.949. The number of benzene rings is 1. The molecule has 2 aromatic heterocycles. The number of piperidine rings is 1. The Balaban J connectivity index is 1.25. The van der Waals surface area contributed by atoms with E-state index in [4.69, 9.17) is 9.47 Å². The number of aromatic nitrogens is 4. The van der Waals surface area contributed by atoms with Crippen LogP contribution < -0.4 is 19.7 Å². The summed E-state index contributed by atoms with van der Waals surface area (Å²) in [7, 11) is 3.08. The van der Waals surface area contributed by atoms with Crippen LogP contribution >= 0.6 is 0 Å². The summed E-state index contributed by atoms with van der Waals surface area (Å²) in [6, 6.07) is 7.38. The van der Waals surface area contributed by atoms with Gasteiger partial charge in [0.15, 0.2) is 5.75 Å². The summed E-state index contributed by atoms with van der Waals surface area (Å²) in [5, 5.41) is 22.9. The Morgan fingerprint density at radius 1 is 1.00 bits per heavy atom. The van der Waals surface area contributed by atoms with E-state index < -0.39 is 6.17 Å². The van der Waals surface area contributed by atoms with E-state index in [1.165, 1.54) is 7.11 Å². The normalized spacial score (nSPS) is 25.0. The summed E-state index contributed by atoms with van der Waals surface area (Å²) in [5.41, 5.74) is 2.49. The zero-order valence-electron chi connectivity index (χ0n) is 20.3. The molecule has 3 fully saturated rings. The number of phenolic OH excluding ortho intramolecular Hbond substituents is 1. The predicted octanol–water partition coefficient (Wildman–Crippen LogP) is 3.52. The molecule has 6 rings (SSSR count). The Morgan fingerprint density at radius 3 is 2.56 bits per heavy atom. The number of fused-ring (bicyclic) bond motifs is 2. The second kappa shape index (κ2) is 9.16. The van der Waals surface area contributed by atoms with Gasteiger partial charge in [-0.05, 0) is 55.9 Å². The molecule has 0 unspecified atom stereocenters. The third-order valence-corrected chi connectivity index (χ3v) is 7.47. The van der Waals surface area contributed by atoms with Crippen molar-refractivity contribution >= 4 is 5.95 Å². The molecule has 0 radical (unpaired) electrons. The van der Waals surface area contributed by atoms with Crippen molar-refractivity contribution in [3.8, 4) is 39.8 Å². The Morgan fingerprint density at radius 2 is 1.86 bits per heavy atom. The van der Waals surface area contributed by atoms with Crippen molar-refractivity contribution in [2.45, 2.75) is 62.4 Å². The first kappa shape index (κ1) is 22.9. The first-order valence-electron chi connectivity index (χ1n) is 12.4. The van der Waals surface area contributed by atoms with Crippen molar-refractivity contribution in [3.05, 3.63) is 36.7 Å². The monoisotopic (exact) mass is 492 g/mol. The number of methoxy groups -OCH3 is 2. The minimum absolute atomic E-state index is 0.0453. The third kappa shape index (κ3) is 4.09. The van der Waals surface area contributed by atoms with Crippen LogP contribution in [0.25, 0.3) is 22.4 Å². The zero-order valence-corrected chi connectivity index (χ0v) is 20.3. The average molecular weight is 493 g/mol. The van der Waals surface area contributed by atoms with Gasteiger partial charge in [0, 0.05) is 35.4 Å². The molecule has 2 N–H and O–H groups in total. The van der Waals surface area contributed by atoms with Crippen LogP contribution in [0.3, 0.4) is 0 Å². The fourth-order valence-electron chi connectivity index (χ4n) is 5.51. The lowest BCUT2D eigenvalue weighted by molar-refractivity contribution is 0.171. The summed E-state index contributed by atoms with van der Waals surface area (Å²) < 4.78 is 25.8. The highest BCUT2D eigenvalue weighted by atomic mass is 19.1. The molecule has 3 aliphatic rings. The van der Waals surface area contributed by atoms with Gasteiger partial charge in [-0.3, -0.25) is 0 Å². The summed E-state index contributed by atoms with van der Waals surface area (Å²) in [6.45, 7) is 0. The van der Waals surface area contributed by atoms with Gasteiger partial charge >= 0.3 is 0 Å². The van der Waals surface area contributed by atoms with E-state index in [0.717, 1.165) is 43.2 Å². The van der Waals surface area contributed by atoms with Gasteiger partial charge in [-0.1, -0.05) is 6.07 Å². The molecule has 1 aliphatic carbocycles. The molecule has 1 aromatic carbocycles. The molecule has 0 spiro atoms. The maximum atomic E-state index is 15.3. The van der Waals surface area contributed by atoms with Gasteiger partial charge in [-0.25, -0.2) is 14.4 Å². The molecule has 3 aromatic rings. The van der Waals surface area contributed by atoms with Crippen molar-refractivity contribution in [2.75, 3.05) is 19.1 Å². The van der Waals surface area contributed by atoms with E-state index >= 15 is 4.39 Å². The van der Waals surface area contributed by atoms with Crippen molar-refractivity contribution < 1.29 is 19.0 Å². The molecule has 36 heavy (non-hydrogen) atoms. The number of nitrogens with one attached hydrogen (secondary N) is 1. The van der Waals surface area contributed by atoms with Gasteiger partial charge in [0.25, 0.3) is 5.88 Å². The molecule has 2 saturated heterocycles. The van der Waals surface area contributed by atoms with Gasteiger partial charge in [-0.2, -0.15) is 0 Å². The number of pyridine rings is 1. The number of halogens is 1. The first-order valence-corrected chi connectivity index (χ1v) is 12.4. The first-order chi connectivity index (χ1) is 17.6. The number of phenols is 1. The largest absolute Gasteiger partial charge is 0.507 e. The quantitative estimate of drug-likeness (QED) is 0.512. The van der Waals surface area contributed by atoms with Crippen LogP contribution in [0.2, 0.25) is 0 Å². The zero-order chi connectivity index (χ0) is 24.8. The summed E-state index contributed by atoms with van der Waals surface area (Å²) in [5.74, 6) is 1.40. The second-order valence-corrected chi connectivity index (χ2v) is 9.74. The number of aromatic hydroxyl groups is 1. The van der Waals surface area contributed by atoms with Crippen LogP contribution in [0.5, 0.6) is 17.4 Å². The SMILES string of the molecule is COc1cc(-c2ccc(-c3cnc(N(C4CC4)[C@@H]4C[C@H]5CC[C@H](N5)[C@@H]4F)nn3)c(O)c2)cnc1OC. The Hall–Kier alpha value is -3.53.